The van der Waals surface area contributed by atoms with Gasteiger partial charge in [-0.25, -0.2) is 0 Å². The van der Waals surface area contributed by atoms with Gasteiger partial charge in [0.15, 0.2) is 0 Å². The van der Waals surface area contributed by atoms with Gasteiger partial charge in [0.2, 0.25) is 5.91 Å². The van der Waals surface area contributed by atoms with Crippen LogP contribution in [0.5, 0.6) is 0 Å². The summed E-state index contributed by atoms with van der Waals surface area (Å²) in [6, 6.07) is 7.58. The zero-order valence-corrected chi connectivity index (χ0v) is 9.72. The molecule has 90 valence electrons. The largest absolute Gasteiger partial charge is 0.481 e. The Labute approximate surface area is 100 Å². The highest BCUT2D eigenvalue weighted by atomic mass is 16.4. The third-order valence-electron chi connectivity index (χ3n) is 2.36. The number of hydrogen-bond acceptors (Lipinski definition) is 2. The van der Waals surface area contributed by atoms with Crippen LogP contribution in [0.3, 0.4) is 0 Å². The lowest BCUT2D eigenvalue weighted by Gasteiger charge is -2.16. The Bertz CT molecular complexity index is 423. The van der Waals surface area contributed by atoms with Gasteiger partial charge in [-0.15, -0.1) is 0 Å². The van der Waals surface area contributed by atoms with E-state index in [9.17, 15) is 9.59 Å². The number of rotatable bonds is 5. The lowest BCUT2D eigenvalue weighted by atomic mass is 10.1. The minimum Gasteiger partial charge on any atom is -0.481 e. The van der Waals surface area contributed by atoms with Crippen LogP contribution in [0.2, 0.25) is 0 Å². The van der Waals surface area contributed by atoms with Crippen molar-refractivity contribution in [1.29, 1.82) is 0 Å². The van der Waals surface area contributed by atoms with Crippen molar-refractivity contribution >= 4 is 18.0 Å². The summed E-state index contributed by atoms with van der Waals surface area (Å²) in [5.41, 5.74) is 1.96. The first-order valence-corrected chi connectivity index (χ1v) is 5.20. The lowest BCUT2D eigenvalue weighted by Crippen LogP contribution is -2.27. The van der Waals surface area contributed by atoms with Crippen molar-refractivity contribution < 1.29 is 14.7 Å². The van der Waals surface area contributed by atoms with Crippen LogP contribution in [0.25, 0.3) is 6.08 Å². The van der Waals surface area contributed by atoms with Crippen molar-refractivity contribution in [3.8, 4) is 0 Å². The molecular formula is C13H15NO3. The first kappa shape index (κ1) is 13.0. The van der Waals surface area contributed by atoms with Crippen molar-refractivity contribution in [2.45, 2.75) is 13.0 Å². The van der Waals surface area contributed by atoms with Crippen LogP contribution < -0.4 is 0 Å². The molecule has 1 rings (SSSR count). The maximum Gasteiger partial charge on any atom is 0.312 e. The summed E-state index contributed by atoms with van der Waals surface area (Å²) in [5, 5.41) is 8.51. The van der Waals surface area contributed by atoms with Gasteiger partial charge in [0.25, 0.3) is 0 Å². The third kappa shape index (κ3) is 4.10. The predicted molar refractivity (Wildman–Crippen MR) is 65.3 cm³/mol. The van der Waals surface area contributed by atoms with Crippen molar-refractivity contribution in [2.75, 3.05) is 7.05 Å². The summed E-state index contributed by atoms with van der Waals surface area (Å²) in [7, 11) is 1.59. The molecule has 0 aromatic heterocycles. The fraction of sp³-hybridized carbons (Fsp3) is 0.231. The summed E-state index contributed by atoms with van der Waals surface area (Å²) < 4.78 is 0. The second kappa shape index (κ2) is 5.84. The van der Waals surface area contributed by atoms with Gasteiger partial charge in [-0.05, 0) is 11.1 Å². The predicted octanol–water partition coefficient (Wildman–Crippen LogP) is 1.76. The molecule has 0 saturated heterocycles. The molecule has 0 aliphatic carbocycles. The highest BCUT2D eigenvalue weighted by Gasteiger charge is 2.12. The number of carbonyl (C=O) groups is 2. The van der Waals surface area contributed by atoms with Gasteiger partial charge in [-0.1, -0.05) is 36.9 Å². The van der Waals surface area contributed by atoms with Gasteiger partial charge in [0.05, 0.1) is 0 Å². The van der Waals surface area contributed by atoms with E-state index in [2.05, 4.69) is 6.58 Å². The molecule has 0 atom stereocenters. The molecule has 0 unspecified atom stereocenters. The fourth-order valence-corrected chi connectivity index (χ4v) is 1.39. The topological polar surface area (TPSA) is 57.6 Å². The molecule has 1 aromatic rings. The van der Waals surface area contributed by atoms with E-state index in [1.54, 1.807) is 13.1 Å². The Morgan fingerprint density at radius 1 is 1.35 bits per heavy atom. The minimum absolute atomic E-state index is 0.398. The van der Waals surface area contributed by atoms with E-state index in [1.807, 2.05) is 24.3 Å². The molecule has 4 heteroatoms. The molecule has 0 fully saturated rings. The first-order chi connectivity index (χ1) is 8.02. The van der Waals surface area contributed by atoms with Gasteiger partial charge >= 0.3 is 5.97 Å². The number of carboxylic acid groups (broad SMARTS) is 1. The zero-order chi connectivity index (χ0) is 12.8. The Balaban J connectivity index is 2.60. The van der Waals surface area contributed by atoms with Crippen molar-refractivity contribution in [2.24, 2.45) is 0 Å². The van der Waals surface area contributed by atoms with E-state index in [0.717, 1.165) is 11.1 Å². The van der Waals surface area contributed by atoms with E-state index in [4.69, 9.17) is 5.11 Å². The van der Waals surface area contributed by atoms with Crippen LogP contribution in [0.1, 0.15) is 17.5 Å². The highest BCUT2D eigenvalue weighted by Crippen LogP contribution is 2.08. The first-order valence-electron chi connectivity index (χ1n) is 5.20. The number of aliphatic carboxylic acids is 1. The summed E-state index contributed by atoms with van der Waals surface area (Å²) >= 11 is 0. The molecular weight excluding hydrogens is 218 g/mol. The average Bonchev–Trinajstić information content (AvgIpc) is 2.29. The summed E-state index contributed by atoms with van der Waals surface area (Å²) in [5.74, 6) is -1.51. The van der Waals surface area contributed by atoms with Crippen LogP contribution in [-0.4, -0.2) is 28.9 Å². The van der Waals surface area contributed by atoms with Crippen molar-refractivity contribution in [3.05, 3.63) is 42.0 Å². The summed E-state index contributed by atoms with van der Waals surface area (Å²) in [6.07, 6.45) is 1.27. The molecule has 1 amide bonds. The monoisotopic (exact) mass is 233 g/mol. The van der Waals surface area contributed by atoms with Crippen LogP contribution in [0, 0.1) is 0 Å². The molecule has 0 saturated carbocycles. The number of hydrogen-bond donors (Lipinski definition) is 1. The molecule has 0 aliphatic rings. The second-order valence-corrected chi connectivity index (χ2v) is 3.77. The molecule has 17 heavy (non-hydrogen) atoms. The number of carboxylic acids is 1. The molecule has 0 heterocycles. The summed E-state index contributed by atoms with van der Waals surface area (Å²) in [4.78, 5) is 23.2. The zero-order valence-electron chi connectivity index (χ0n) is 9.72. The van der Waals surface area contributed by atoms with Crippen molar-refractivity contribution in [1.82, 2.24) is 4.90 Å². The normalized spacial score (nSPS) is 9.71. The lowest BCUT2D eigenvalue weighted by molar-refractivity contribution is -0.143. The second-order valence-electron chi connectivity index (χ2n) is 3.77. The molecule has 0 aliphatic heterocycles. The highest BCUT2D eigenvalue weighted by molar-refractivity contribution is 5.93. The Hall–Kier alpha value is -2.10. The van der Waals surface area contributed by atoms with Crippen LogP contribution >= 0.6 is 0 Å². The Morgan fingerprint density at radius 2 is 1.94 bits per heavy atom. The summed E-state index contributed by atoms with van der Waals surface area (Å²) in [6.45, 7) is 4.06. The molecule has 0 bridgehead atoms. The van der Waals surface area contributed by atoms with Gasteiger partial charge in [-0.3, -0.25) is 9.59 Å². The van der Waals surface area contributed by atoms with E-state index in [-0.39, 0.29) is 0 Å². The maximum atomic E-state index is 11.4. The van der Waals surface area contributed by atoms with E-state index in [0.29, 0.717) is 6.54 Å². The molecule has 1 aromatic carbocycles. The van der Waals surface area contributed by atoms with Crippen LogP contribution in [-0.2, 0) is 16.1 Å². The Kier molecular flexibility index (Phi) is 4.46. The standard InChI is InChI=1S/C13H15NO3/c1-3-10-4-6-11(7-5-10)9-14(2)12(15)8-13(16)17/h3-7H,1,8-9H2,2H3,(H,16,17). The third-order valence-corrected chi connectivity index (χ3v) is 2.36. The van der Waals surface area contributed by atoms with E-state index < -0.39 is 18.3 Å². The smallest absolute Gasteiger partial charge is 0.312 e. The average molecular weight is 233 g/mol. The number of benzene rings is 1. The van der Waals surface area contributed by atoms with Gasteiger partial charge < -0.3 is 10.0 Å². The quantitative estimate of drug-likeness (QED) is 0.788. The Morgan fingerprint density at radius 3 is 2.41 bits per heavy atom. The fourth-order valence-electron chi connectivity index (χ4n) is 1.39. The van der Waals surface area contributed by atoms with Crippen LogP contribution in [0.15, 0.2) is 30.8 Å². The van der Waals surface area contributed by atoms with Gasteiger partial charge in [-0.2, -0.15) is 0 Å². The molecule has 4 nitrogen and oxygen atoms in total. The number of nitrogens with zero attached hydrogens (tertiary/aromatic N) is 1. The molecule has 1 N–H and O–H groups in total. The molecule has 0 spiro atoms. The van der Waals surface area contributed by atoms with Gasteiger partial charge in [0, 0.05) is 13.6 Å². The minimum atomic E-state index is -1.11. The number of amides is 1. The van der Waals surface area contributed by atoms with E-state index in [1.165, 1.54) is 4.90 Å². The van der Waals surface area contributed by atoms with Gasteiger partial charge in [0.1, 0.15) is 6.42 Å². The maximum absolute atomic E-state index is 11.4. The number of carbonyl (C=O) groups excluding carboxylic acids is 1. The molecule has 0 radical (unpaired) electrons. The SMILES string of the molecule is C=Cc1ccc(CN(C)C(=O)CC(=O)O)cc1. The van der Waals surface area contributed by atoms with Crippen LogP contribution in [0.4, 0.5) is 0 Å². The van der Waals surface area contributed by atoms with E-state index >= 15 is 0 Å². The van der Waals surface area contributed by atoms with Crippen molar-refractivity contribution in [3.63, 3.8) is 0 Å².